The van der Waals surface area contributed by atoms with Crippen LogP contribution in [0.5, 0.6) is 0 Å². The number of rotatable bonds is 5. The van der Waals surface area contributed by atoms with Crippen LogP contribution in [-0.2, 0) is 4.79 Å². The van der Waals surface area contributed by atoms with E-state index in [1.165, 1.54) is 5.56 Å². The molecule has 0 radical (unpaired) electrons. The molecule has 1 saturated heterocycles. The summed E-state index contributed by atoms with van der Waals surface area (Å²) in [5, 5.41) is 7.90. The van der Waals surface area contributed by atoms with Crippen LogP contribution in [0.4, 0.5) is 5.69 Å². The number of anilines is 1. The summed E-state index contributed by atoms with van der Waals surface area (Å²) < 4.78 is 3.77. The summed E-state index contributed by atoms with van der Waals surface area (Å²) >= 11 is 0. The van der Waals surface area contributed by atoms with Crippen LogP contribution in [0.2, 0.25) is 0 Å². The molecule has 0 bridgehead atoms. The summed E-state index contributed by atoms with van der Waals surface area (Å²) in [6, 6.07) is 17.9. The number of carbonyl (C=O) groups is 2. The highest BCUT2D eigenvalue weighted by Crippen LogP contribution is 2.28. The maximum Gasteiger partial charge on any atom is 0.259 e. The standard InChI is InChI=1S/C30H33N5O2/c1-20-18-21(2)27(22(3)19-20)31-28(36)24-12-16-34(17-13-24)30(37)26-23(4)32-35(25-10-6-5-7-11-25)29(26)33-14-8-9-15-33/h5-11,14-15,18-19,24H,12-13,16-17H2,1-4H3,(H,31,36). The molecule has 2 aromatic heterocycles. The van der Waals surface area contributed by atoms with E-state index < -0.39 is 0 Å². The van der Waals surface area contributed by atoms with Crippen molar-refractivity contribution in [3.05, 3.63) is 94.9 Å². The van der Waals surface area contributed by atoms with E-state index in [1.54, 1.807) is 0 Å². The van der Waals surface area contributed by atoms with Gasteiger partial charge in [0.1, 0.15) is 5.56 Å². The molecule has 1 fully saturated rings. The molecular formula is C30H33N5O2. The molecule has 1 aliphatic rings. The molecule has 190 valence electrons. The minimum atomic E-state index is -0.124. The SMILES string of the molecule is Cc1cc(C)c(NC(=O)C2CCN(C(=O)c3c(C)nn(-c4ccccc4)c3-n3cccc3)CC2)c(C)c1. The molecule has 2 amide bonds. The van der Waals surface area contributed by atoms with Crippen molar-refractivity contribution in [3.8, 4) is 11.5 Å². The van der Waals surface area contributed by atoms with E-state index in [9.17, 15) is 9.59 Å². The molecular weight excluding hydrogens is 462 g/mol. The molecule has 0 aliphatic carbocycles. The van der Waals surface area contributed by atoms with Gasteiger partial charge in [0.25, 0.3) is 5.91 Å². The van der Waals surface area contributed by atoms with Crippen molar-refractivity contribution in [2.45, 2.75) is 40.5 Å². The monoisotopic (exact) mass is 495 g/mol. The number of hydrogen-bond donors (Lipinski definition) is 1. The molecule has 4 aromatic rings. The highest BCUT2D eigenvalue weighted by atomic mass is 16.2. The first kappa shape index (κ1) is 24.6. The lowest BCUT2D eigenvalue weighted by atomic mass is 9.94. The fourth-order valence-electron chi connectivity index (χ4n) is 5.33. The van der Waals surface area contributed by atoms with Crippen LogP contribution in [0, 0.1) is 33.6 Å². The second-order valence-electron chi connectivity index (χ2n) is 9.95. The molecule has 2 aromatic carbocycles. The van der Waals surface area contributed by atoms with Gasteiger partial charge in [-0.05, 0) is 75.9 Å². The van der Waals surface area contributed by atoms with Crippen molar-refractivity contribution in [1.82, 2.24) is 19.2 Å². The minimum absolute atomic E-state index is 0.0308. The van der Waals surface area contributed by atoms with Gasteiger partial charge in [0.2, 0.25) is 5.91 Å². The van der Waals surface area contributed by atoms with Crippen molar-refractivity contribution in [2.75, 3.05) is 18.4 Å². The normalized spacial score (nSPS) is 14.1. The van der Waals surface area contributed by atoms with Crippen LogP contribution in [0.1, 0.15) is 45.6 Å². The fourth-order valence-corrected chi connectivity index (χ4v) is 5.33. The summed E-state index contributed by atoms with van der Waals surface area (Å²) in [7, 11) is 0. The van der Waals surface area contributed by atoms with Gasteiger partial charge in [0.15, 0.2) is 5.82 Å². The van der Waals surface area contributed by atoms with E-state index in [0.717, 1.165) is 28.3 Å². The molecule has 1 aliphatic heterocycles. The largest absolute Gasteiger partial charge is 0.338 e. The Bertz CT molecular complexity index is 1410. The van der Waals surface area contributed by atoms with Crippen LogP contribution in [0.15, 0.2) is 67.0 Å². The Kier molecular flexibility index (Phi) is 6.70. The Morgan fingerprint density at radius 2 is 1.51 bits per heavy atom. The average molecular weight is 496 g/mol. The number of aromatic nitrogens is 3. The summed E-state index contributed by atoms with van der Waals surface area (Å²) in [5.74, 6) is 0.584. The van der Waals surface area contributed by atoms with Crippen LogP contribution in [0.3, 0.4) is 0 Å². The van der Waals surface area contributed by atoms with Gasteiger partial charge in [0, 0.05) is 37.1 Å². The number of para-hydroxylation sites is 1. The molecule has 7 nitrogen and oxygen atoms in total. The first-order chi connectivity index (χ1) is 17.8. The zero-order chi connectivity index (χ0) is 26.1. The molecule has 1 N–H and O–H groups in total. The summed E-state index contributed by atoms with van der Waals surface area (Å²) in [4.78, 5) is 28.8. The number of nitrogens with one attached hydrogen (secondary N) is 1. The Balaban J connectivity index is 1.35. The number of piperidine rings is 1. The van der Waals surface area contributed by atoms with E-state index >= 15 is 0 Å². The molecule has 0 spiro atoms. The Hall–Kier alpha value is -4.13. The number of hydrogen-bond acceptors (Lipinski definition) is 3. The maximum atomic E-state index is 13.8. The molecule has 0 unspecified atom stereocenters. The number of aryl methyl sites for hydroxylation is 4. The van der Waals surface area contributed by atoms with Crippen molar-refractivity contribution in [1.29, 1.82) is 0 Å². The second-order valence-corrected chi connectivity index (χ2v) is 9.95. The molecule has 0 saturated carbocycles. The van der Waals surface area contributed by atoms with E-state index in [-0.39, 0.29) is 17.7 Å². The summed E-state index contributed by atoms with van der Waals surface area (Å²) in [6.45, 7) is 9.06. The lowest BCUT2D eigenvalue weighted by Gasteiger charge is -2.31. The molecule has 0 atom stereocenters. The Morgan fingerprint density at radius 1 is 0.892 bits per heavy atom. The van der Waals surface area contributed by atoms with E-state index in [2.05, 4.69) is 24.4 Å². The number of amides is 2. The van der Waals surface area contributed by atoms with Gasteiger partial charge in [-0.1, -0.05) is 35.9 Å². The topological polar surface area (TPSA) is 72.2 Å². The predicted molar refractivity (Wildman–Crippen MR) is 146 cm³/mol. The fraction of sp³-hybridized carbons (Fsp3) is 0.300. The maximum absolute atomic E-state index is 13.8. The van der Waals surface area contributed by atoms with E-state index in [0.29, 0.717) is 37.2 Å². The third-order valence-corrected chi connectivity index (χ3v) is 7.18. The zero-order valence-corrected chi connectivity index (χ0v) is 21.9. The van der Waals surface area contributed by atoms with Crippen molar-refractivity contribution in [2.24, 2.45) is 5.92 Å². The van der Waals surface area contributed by atoms with Crippen LogP contribution < -0.4 is 5.32 Å². The highest BCUT2D eigenvalue weighted by Gasteiger charge is 2.32. The average Bonchev–Trinajstić information content (AvgIpc) is 3.54. The summed E-state index contributed by atoms with van der Waals surface area (Å²) in [5.41, 5.74) is 6.39. The van der Waals surface area contributed by atoms with Gasteiger partial charge in [-0.3, -0.25) is 9.59 Å². The predicted octanol–water partition coefficient (Wildman–Crippen LogP) is 5.39. The third-order valence-electron chi connectivity index (χ3n) is 7.18. The number of benzene rings is 2. The highest BCUT2D eigenvalue weighted by molar-refractivity contribution is 5.99. The Labute approximate surface area is 217 Å². The number of likely N-dealkylation sites (tertiary alicyclic amines) is 1. The third kappa shape index (κ3) is 4.81. The molecule has 7 heteroatoms. The van der Waals surface area contributed by atoms with Gasteiger partial charge >= 0.3 is 0 Å². The minimum Gasteiger partial charge on any atom is -0.338 e. The molecule has 3 heterocycles. The van der Waals surface area contributed by atoms with Crippen LogP contribution in [0.25, 0.3) is 11.5 Å². The lowest BCUT2D eigenvalue weighted by Crippen LogP contribution is -2.42. The van der Waals surface area contributed by atoms with Crippen LogP contribution in [-0.4, -0.2) is 44.2 Å². The van der Waals surface area contributed by atoms with Crippen LogP contribution >= 0.6 is 0 Å². The van der Waals surface area contributed by atoms with E-state index in [1.807, 2.05) is 89.8 Å². The second kappa shape index (κ2) is 10.1. The van der Waals surface area contributed by atoms with E-state index in [4.69, 9.17) is 5.10 Å². The zero-order valence-electron chi connectivity index (χ0n) is 21.9. The first-order valence-electron chi connectivity index (χ1n) is 12.8. The summed E-state index contributed by atoms with van der Waals surface area (Å²) in [6.07, 6.45) is 5.12. The van der Waals surface area contributed by atoms with Gasteiger partial charge in [-0.15, -0.1) is 0 Å². The van der Waals surface area contributed by atoms with Gasteiger partial charge < -0.3 is 14.8 Å². The quantitative estimate of drug-likeness (QED) is 0.404. The van der Waals surface area contributed by atoms with Gasteiger partial charge in [-0.2, -0.15) is 5.10 Å². The molecule has 37 heavy (non-hydrogen) atoms. The van der Waals surface area contributed by atoms with Crippen molar-refractivity contribution < 1.29 is 9.59 Å². The first-order valence-corrected chi connectivity index (χ1v) is 12.8. The smallest absolute Gasteiger partial charge is 0.259 e. The number of carbonyl (C=O) groups excluding carboxylic acids is 2. The van der Waals surface area contributed by atoms with Crippen molar-refractivity contribution >= 4 is 17.5 Å². The van der Waals surface area contributed by atoms with Crippen molar-refractivity contribution in [3.63, 3.8) is 0 Å². The molecule has 5 rings (SSSR count). The lowest BCUT2D eigenvalue weighted by molar-refractivity contribution is -0.121. The number of nitrogens with zero attached hydrogens (tertiary/aromatic N) is 4. The Morgan fingerprint density at radius 3 is 2.14 bits per heavy atom. The van der Waals surface area contributed by atoms with Gasteiger partial charge in [-0.25, -0.2) is 4.68 Å². The van der Waals surface area contributed by atoms with Gasteiger partial charge in [0.05, 0.1) is 11.4 Å².